The van der Waals surface area contributed by atoms with Crippen LogP contribution in [0.1, 0.15) is 42.0 Å². The van der Waals surface area contributed by atoms with E-state index in [0.29, 0.717) is 32.0 Å². The molecule has 2 aromatic heterocycles. The van der Waals surface area contributed by atoms with Crippen LogP contribution in [0.25, 0.3) is 10.9 Å². The van der Waals surface area contributed by atoms with E-state index < -0.39 is 0 Å². The maximum absolute atomic E-state index is 13.2. The molecule has 1 aromatic carbocycles. The number of rotatable bonds is 4. The Labute approximate surface area is 151 Å². The SMILES string of the molecule is CCOCc1nnc2n1CCN(C(=O)c1nn(C)c3ccccc13)[C@@H]2C. The molecule has 136 valence electrons. The molecule has 0 aliphatic carbocycles. The van der Waals surface area contributed by atoms with E-state index in [9.17, 15) is 4.79 Å². The van der Waals surface area contributed by atoms with Crippen LogP contribution in [-0.4, -0.2) is 48.5 Å². The summed E-state index contributed by atoms with van der Waals surface area (Å²) in [4.78, 5) is 15.0. The predicted molar refractivity (Wildman–Crippen MR) is 95.5 cm³/mol. The summed E-state index contributed by atoms with van der Waals surface area (Å²) in [5, 5.41) is 13.9. The van der Waals surface area contributed by atoms with Crippen molar-refractivity contribution in [1.82, 2.24) is 29.4 Å². The van der Waals surface area contributed by atoms with Crippen LogP contribution >= 0.6 is 0 Å². The minimum absolute atomic E-state index is 0.0742. The Bertz CT molecular complexity index is 960. The van der Waals surface area contributed by atoms with E-state index in [1.54, 1.807) is 4.68 Å². The molecule has 1 aliphatic rings. The molecule has 0 spiro atoms. The summed E-state index contributed by atoms with van der Waals surface area (Å²) >= 11 is 0. The van der Waals surface area contributed by atoms with Gasteiger partial charge in [-0.2, -0.15) is 5.10 Å². The number of amides is 1. The fraction of sp³-hybridized carbons (Fsp3) is 0.444. The average molecular weight is 354 g/mol. The van der Waals surface area contributed by atoms with Gasteiger partial charge in [0, 0.05) is 32.1 Å². The van der Waals surface area contributed by atoms with Crippen molar-refractivity contribution in [3.63, 3.8) is 0 Å². The summed E-state index contributed by atoms with van der Waals surface area (Å²) in [5.74, 6) is 1.53. The summed E-state index contributed by atoms with van der Waals surface area (Å²) in [7, 11) is 1.86. The van der Waals surface area contributed by atoms with Crippen molar-refractivity contribution in [2.45, 2.75) is 33.0 Å². The number of aryl methyl sites for hydroxylation is 1. The van der Waals surface area contributed by atoms with Crippen molar-refractivity contribution in [3.8, 4) is 0 Å². The first-order valence-corrected chi connectivity index (χ1v) is 8.84. The normalized spacial score (nSPS) is 16.9. The minimum Gasteiger partial charge on any atom is -0.374 e. The van der Waals surface area contributed by atoms with Crippen LogP contribution in [0.4, 0.5) is 0 Å². The van der Waals surface area contributed by atoms with Gasteiger partial charge in [0.2, 0.25) is 0 Å². The zero-order chi connectivity index (χ0) is 18.3. The lowest BCUT2D eigenvalue weighted by molar-refractivity contribution is 0.0625. The highest BCUT2D eigenvalue weighted by atomic mass is 16.5. The van der Waals surface area contributed by atoms with Crippen LogP contribution in [0, 0.1) is 0 Å². The molecule has 0 saturated heterocycles. The molecule has 8 heteroatoms. The summed E-state index contributed by atoms with van der Waals surface area (Å²) in [6, 6.07) is 7.61. The lowest BCUT2D eigenvalue weighted by Crippen LogP contribution is -2.41. The number of benzene rings is 1. The summed E-state index contributed by atoms with van der Waals surface area (Å²) in [6.07, 6.45) is 0. The molecule has 3 heterocycles. The monoisotopic (exact) mass is 354 g/mol. The van der Waals surface area contributed by atoms with Crippen LogP contribution < -0.4 is 0 Å². The topological polar surface area (TPSA) is 78.1 Å². The van der Waals surface area contributed by atoms with E-state index in [1.165, 1.54) is 0 Å². The van der Waals surface area contributed by atoms with Gasteiger partial charge >= 0.3 is 0 Å². The lowest BCUT2D eigenvalue weighted by atomic mass is 10.1. The second-order valence-electron chi connectivity index (χ2n) is 6.43. The Hall–Kier alpha value is -2.74. The Morgan fingerprint density at radius 3 is 2.88 bits per heavy atom. The van der Waals surface area contributed by atoms with Gasteiger partial charge in [0.25, 0.3) is 5.91 Å². The summed E-state index contributed by atoms with van der Waals surface area (Å²) < 4.78 is 9.26. The van der Waals surface area contributed by atoms with Gasteiger partial charge in [-0.3, -0.25) is 9.48 Å². The predicted octanol–water partition coefficient (Wildman–Crippen LogP) is 1.92. The number of hydrogen-bond acceptors (Lipinski definition) is 5. The van der Waals surface area contributed by atoms with Gasteiger partial charge in [0.1, 0.15) is 6.61 Å². The molecule has 1 aliphatic heterocycles. The number of aromatic nitrogens is 5. The molecule has 4 rings (SSSR count). The standard InChI is InChI=1S/C18H22N6O2/c1-4-26-11-15-19-20-17-12(2)23(9-10-24(15)17)18(25)16-13-7-5-6-8-14(13)22(3)21-16/h5-8,12H,4,9-11H2,1-3H3/t12-/m1/s1. The molecule has 0 N–H and O–H groups in total. The highest BCUT2D eigenvalue weighted by Crippen LogP contribution is 2.28. The first-order valence-electron chi connectivity index (χ1n) is 8.84. The second kappa shape index (κ2) is 6.53. The molecular formula is C18H22N6O2. The van der Waals surface area contributed by atoms with E-state index in [1.807, 2.05) is 50.1 Å². The van der Waals surface area contributed by atoms with Gasteiger partial charge in [-0.1, -0.05) is 18.2 Å². The third-order valence-corrected chi connectivity index (χ3v) is 4.92. The Kier molecular flexibility index (Phi) is 4.20. The van der Waals surface area contributed by atoms with Crippen molar-refractivity contribution in [2.24, 2.45) is 7.05 Å². The third kappa shape index (κ3) is 2.57. The summed E-state index contributed by atoms with van der Waals surface area (Å²) in [5.41, 5.74) is 1.43. The van der Waals surface area contributed by atoms with Crippen LogP contribution in [0.2, 0.25) is 0 Å². The fourth-order valence-corrected chi connectivity index (χ4v) is 3.53. The van der Waals surface area contributed by atoms with E-state index in [0.717, 1.165) is 22.6 Å². The minimum atomic E-state index is -0.167. The maximum Gasteiger partial charge on any atom is 0.275 e. The van der Waals surface area contributed by atoms with Gasteiger partial charge in [0.15, 0.2) is 17.3 Å². The van der Waals surface area contributed by atoms with Gasteiger partial charge in [-0.05, 0) is 19.9 Å². The fourth-order valence-electron chi connectivity index (χ4n) is 3.53. The number of nitrogens with zero attached hydrogens (tertiary/aromatic N) is 6. The van der Waals surface area contributed by atoms with Crippen LogP contribution in [0.5, 0.6) is 0 Å². The van der Waals surface area contributed by atoms with Crippen molar-refractivity contribution in [3.05, 3.63) is 41.6 Å². The molecular weight excluding hydrogens is 332 g/mol. The summed E-state index contributed by atoms with van der Waals surface area (Å²) in [6.45, 7) is 6.26. The lowest BCUT2D eigenvalue weighted by Gasteiger charge is -2.33. The third-order valence-electron chi connectivity index (χ3n) is 4.92. The Balaban J connectivity index is 1.64. The molecule has 0 bridgehead atoms. The van der Waals surface area contributed by atoms with Crippen molar-refractivity contribution in [1.29, 1.82) is 0 Å². The van der Waals surface area contributed by atoms with Gasteiger partial charge in [-0.15, -0.1) is 10.2 Å². The molecule has 0 fully saturated rings. The van der Waals surface area contributed by atoms with E-state index >= 15 is 0 Å². The molecule has 3 aromatic rings. The number of para-hydroxylation sites is 1. The molecule has 1 amide bonds. The largest absolute Gasteiger partial charge is 0.374 e. The molecule has 1 atom stereocenters. The molecule has 26 heavy (non-hydrogen) atoms. The van der Waals surface area contributed by atoms with Crippen molar-refractivity contribution >= 4 is 16.8 Å². The maximum atomic E-state index is 13.2. The zero-order valence-corrected chi connectivity index (χ0v) is 15.2. The highest BCUT2D eigenvalue weighted by Gasteiger charge is 2.33. The Morgan fingerprint density at radius 2 is 2.08 bits per heavy atom. The number of hydrogen-bond donors (Lipinski definition) is 0. The molecule has 0 saturated carbocycles. The van der Waals surface area contributed by atoms with E-state index in [4.69, 9.17) is 4.74 Å². The molecule has 8 nitrogen and oxygen atoms in total. The van der Waals surface area contributed by atoms with Gasteiger partial charge < -0.3 is 14.2 Å². The average Bonchev–Trinajstić information content (AvgIpc) is 3.22. The first-order chi connectivity index (χ1) is 12.6. The van der Waals surface area contributed by atoms with Crippen LogP contribution in [0.15, 0.2) is 24.3 Å². The quantitative estimate of drug-likeness (QED) is 0.715. The highest BCUT2D eigenvalue weighted by molar-refractivity contribution is 6.05. The second-order valence-corrected chi connectivity index (χ2v) is 6.43. The number of carbonyl (C=O) groups excluding carboxylic acids is 1. The Morgan fingerprint density at radius 1 is 1.27 bits per heavy atom. The van der Waals surface area contributed by atoms with E-state index in [2.05, 4.69) is 19.9 Å². The van der Waals surface area contributed by atoms with Gasteiger partial charge in [-0.25, -0.2) is 0 Å². The molecule has 0 radical (unpaired) electrons. The first kappa shape index (κ1) is 16.7. The van der Waals surface area contributed by atoms with Crippen LogP contribution in [-0.2, 0) is 24.9 Å². The number of fused-ring (bicyclic) bond motifs is 2. The van der Waals surface area contributed by atoms with E-state index in [-0.39, 0.29) is 11.9 Å². The molecule has 0 unspecified atom stereocenters. The number of carbonyl (C=O) groups is 1. The zero-order valence-electron chi connectivity index (χ0n) is 15.2. The smallest absolute Gasteiger partial charge is 0.275 e. The van der Waals surface area contributed by atoms with Crippen molar-refractivity contribution in [2.75, 3.05) is 13.2 Å². The van der Waals surface area contributed by atoms with Crippen molar-refractivity contribution < 1.29 is 9.53 Å². The van der Waals surface area contributed by atoms with Crippen LogP contribution in [0.3, 0.4) is 0 Å². The number of ether oxygens (including phenoxy) is 1. The van der Waals surface area contributed by atoms with Gasteiger partial charge in [0.05, 0.1) is 11.6 Å².